The summed E-state index contributed by atoms with van der Waals surface area (Å²) in [5.41, 5.74) is 7.01. The second-order valence-electron chi connectivity index (χ2n) is 5.38. The van der Waals surface area contributed by atoms with Crippen molar-refractivity contribution in [3.8, 4) is 0 Å². The van der Waals surface area contributed by atoms with Gasteiger partial charge in [-0.05, 0) is 25.2 Å². The standard InChI is InChI=1S/C13H14F3N3O2/c14-13(15,16)11(21)12-18-5-8-10(20)7(3-4-19(8)12)9(17)6-1-2-6/h5-6,11,21H,1-4,17H2/t11-/m0/s1. The summed E-state index contributed by atoms with van der Waals surface area (Å²) in [5.74, 6) is -0.715. The lowest BCUT2D eigenvalue weighted by molar-refractivity contribution is -0.209. The first-order chi connectivity index (χ1) is 9.80. The van der Waals surface area contributed by atoms with Gasteiger partial charge in [-0.2, -0.15) is 13.2 Å². The molecule has 0 amide bonds. The Balaban J connectivity index is 1.97. The average molecular weight is 301 g/mol. The molecule has 1 aliphatic carbocycles. The third-order valence-electron chi connectivity index (χ3n) is 3.90. The number of hydrogen-bond donors (Lipinski definition) is 2. The fraction of sp³-hybridized carbons (Fsp3) is 0.538. The fourth-order valence-electron chi connectivity index (χ4n) is 2.58. The van der Waals surface area contributed by atoms with Crippen LogP contribution in [0, 0.1) is 5.92 Å². The number of nitrogens with two attached hydrogens (primary N) is 1. The highest BCUT2D eigenvalue weighted by Gasteiger charge is 2.43. The van der Waals surface area contributed by atoms with Crippen LogP contribution in [0.1, 0.15) is 41.7 Å². The molecule has 0 unspecified atom stereocenters. The summed E-state index contributed by atoms with van der Waals surface area (Å²) < 4.78 is 38.9. The average Bonchev–Trinajstić information content (AvgIpc) is 3.17. The second kappa shape index (κ2) is 4.59. The molecule has 21 heavy (non-hydrogen) atoms. The van der Waals surface area contributed by atoms with Crippen molar-refractivity contribution in [3.63, 3.8) is 0 Å². The zero-order chi connectivity index (χ0) is 15.4. The number of Topliss-reactive ketones (excluding diaryl/α,β-unsaturated/α-hetero) is 1. The van der Waals surface area contributed by atoms with Crippen LogP contribution in [-0.2, 0) is 6.54 Å². The molecule has 1 aliphatic heterocycles. The summed E-state index contributed by atoms with van der Waals surface area (Å²) in [7, 11) is 0. The summed E-state index contributed by atoms with van der Waals surface area (Å²) >= 11 is 0. The number of halogens is 3. The summed E-state index contributed by atoms with van der Waals surface area (Å²) in [6, 6.07) is 0. The van der Waals surface area contributed by atoms with Crippen LogP contribution in [0.25, 0.3) is 0 Å². The molecule has 1 aromatic rings. The predicted molar refractivity (Wildman–Crippen MR) is 66.1 cm³/mol. The third-order valence-corrected chi connectivity index (χ3v) is 3.90. The molecule has 1 fully saturated rings. The normalized spacial score (nSPS) is 23.0. The van der Waals surface area contributed by atoms with Crippen molar-refractivity contribution < 1.29 is 23.1 Å². The van der Waals surface area contributed by atoms with Crippen LogP contribution in [0.5, 0.6) is 0 Å². The number of imidazole rings is 1. The Kier molecular flexibility index (Phi) is 3.09. The molecule has 3 N–H and O–H groups in total. The number of carbonyl (C=O) groups is 1. The van der Waals surface area contributed by atoms with E-state index in [0.29, 0.717) is 11.3 Å². The minimum absolute atomic E-state index is 0.0538. The van der Waals surface area contributed by atoms with Crippen LogP contribution in [0.2, 0.25) is 0 Å². The molecule has 1 aromatic heterocycles. The van der Waals surface area contributed by atoms with Gasteiger partial charge in [0.15, 0.2) is 0 Å². The maximum Gasteiger partial charge on any atom is 0.421 e. The summed E-state index contributed by atoms with van der Waals surface area (Å²) in [4.78, 5) is 15.9. The molecule has 1 saturated carbocycles. The SMILES string of the molecule is NC(=C1CCn2c(cnc2[C@H](O)C(F)(F)F)C1=O)C1CC1. The number of fused-ring (bicyclic) bond motifs is 1. The molecule has 5 nitrogen and oxygen atoms in total. The van der Waals surface area contributed by atoms with Gasteiger partial charge >= 0.3 is 6.18 Å². The van der Waals surface area contributed by atoms with Crippen LogP contribution in [-0.4, -0.2) is 26.6 Å². The van der Waals surface area contributed by atoms with Gasteiger partial charge in [0.1, 0.15) is 11.5 Å². The second-order valence-corrected chi connectivity index (χ2v) is 5.38. The van der Waals surface area contributed by atoms with E-state index in [2.05, 4.69) is 4.98 Å². The Morgan fingerprint density at radius 2 is 2.14 bits per heavy atom. The first kappa shape index (κ1) is 14.1. The molecule has 0 radical (unpaired) electrons. The van der Waals surface area contributed by atoms with Gasteiger partial charge in [-0.3, -0.25) is 4.79 Å². The van der Waals surface area contributed by atoms with Crippen LogP contribution in [0.3, 0.4) is 0 Å². The van der Waals surface area contributed by atoms with Gasteiger partial charge in [0.2, 0.25) is 11.9 Å². The van der Waals surface area contributed by atoms with Crippen molar-refractivity contribution in [2.24, 2.45) is 11.7 Å². The van der Waals surface area contributed by atoms with Crippen molar-refractivity contribution in [2.75, 3.05) is 0 Å². The number of rotatable bonds is 2. The van der Waals surface area contributed by atoms with Crippen molar-refractivity contribution >= 4 is 5.78 Å². The Labute approximate surface area is 118 Å². The maximum atomic E-state index is 12.6. The molecular weight excluding hydrogens is 287 g/mol. The third kappa shape index (κ3) is 2.33. The van der Waals surface area contributed by atoms with E-state index < -0.39 is 23.9 Å². The molecule has 2 aliphatic rings. The minimum atomic E-state index is -4.81. The Morgan fingerprint density at radius 3 is 2.71 bits per heavy atom. The van der Waals surface area contributed by atoms with Crippen LogP contribution in [0.15, 0.2) is 17.5 Å². The van der Waals surface area contributed by atoms with Crippen LogP contribution in [0.4, 0.5) is 13.2 Å². The summed E-state index contributed by atoms with van der Waals surface area (Å²) in [5, 5.41) is 9.31. The molecule has 3 rings (SSSR count). The topological polar surface area (TPSA) is 81.1 Å². The van der Waals surface area contributed by atoms with E-state index in [1.165, 1.54) is 0 Å². The first-order valence-corrected chi connectivity index (χ1v) is 6.64. The smallest absolute Gasteiger partial charge is 0.401 e. The maximum absolute atomic E-state index is 12.6. The molecule has 2 heterocycles. The molecule has 0 aromatic carbocycles. The van der Waals surface area contributed by atoms with Crippen molar-refractivity contribution in [3.05, 3.63) is 29.0 Å². The van der Waals surface area contributed by atoms with Gasteiger partial charge in [0.05, 0.1) is 6.20 Å². The quantitative estimate of drug-likeness (QED) is 0.815. The fourth-order valence-corrected chi connectivity index (χ4v) is 2.58. The lowest BCUT2D eigenvalue weighted by Crippen LogP contribution is -2.28. The Hall–Kier alpha value is -1.83. The van der Waals surface area contributed by atoms with Crippen LogP contribution < -0.4 is 5.73 Å². The van der Waals surface area contributed by atoms with Gasteiger partial charge in [-0.25, -0.2) is 4.98 Å². The largest absolute Gasteiger partial charge is 0.421 e. The number of carbonyl (C=O) groups excluding carboxylic acids is 1. The molecule has 1 atom stereocenters. The highest BCUT2D eigenvalue weighted by molar-refractivity contribution is 6.08. The van der Waals surface area contributed by atoms with E-state index in [0.717, 1.165) is 23.6 Å². The molecule has 0 bridgehead atoms. The zero-order valence-corrected chi connectivity index (χ0v) is 11.0. The number of aliphatic hydroxyl groups is 1. The Morgan fingerprint density at radius 1 is 1.48 bits per heavy atom. The number of aromatic nitrogens is 2. The number of hydrogen-bond acceptors (Lipinski definition) is 4. The molecular formula is C13H14F3N3O2. The van der Waals surface area contributed by atoms with Gasteiger partial charge in [0.25, 0.3) is 0 Å². The highest BCUT2D eigenvalue weighted by Crippen LogP contribution is 2.38. The molecule has 0 spiro atoms. The van der Waals surface area contributed by atoms with E-state index >= 15 is 0 Å². The Bertz CT molecular complexity index is 629. The van der Waals surface area contributed by atoms with Gasteiger partial charge < -0.3 is 15.4 Å². The van der Waals surface area contributed by atoms with Gasteiger partial charge in [-0.1, -0.05) is 0 Å². The van der Waals surface area contributed by atoms with Crippen molar-refractivity contribution in [2.45, 2.75) is 38.1 Å². The minimum Gasteiger partial charge on any atom is -0.401 e. The van der Waals surface area contributed by atoms with E-state index in [1.54, 1.807) is 0 Å². The van der Waals surface area contributed by atoms with E-state index in [9.17, 15) is 23.1 Å². The molecule has 0 saturated heterocycles. The van der Waals surface area contributed by atoms with E-state index in [1.807, 2.05) is 0 Å². The van der Waals surface area contributed by atoms with Crippen molar-refractivity contribution in [1.29, 1.82) is 0 Å². The highest BCUT2D eigenvalue weighted by atomic mass is 19.4. The van der Waals surface area contributed by atoms with E-state index in [-0.39, 0.29) is 24.6 Å². The lowest BCUT2D eigenvalue weighted by atomic mass is 9.97. The predicted octanol–water partition coefficient (Wildman–Crippen LogP) is 1.69. The monoisotopic (exact) mass is 301 g/mol. The van der Waals surface area contributed by atoms with Crippen molar-refractivity contribution in [1.82, 2.24) is 9.55 Å². The number of allylic oxidation sites excluding steroid dienone is 2. The number of nitrogens with zero attached hydrogens (tertiary/aromatic N) is 2. The van der Waals surface area contributed by atoms with Gasteiger partial charge in [-0.15, -0.1) is 0 Å². The number of ketones is 1. The van der Waals surface area contributed by atoms with E-state index in [4.69, 9.17) is 5.73 Å². The summed E-state index contributed by atoms with van der Waals surface area (Å²) in [6.45, 7) is 0.159. The summed E-state index contributed by atoms with van der Waals surface area (Å²) in [6.07, 6.45) is -4.27. The molecule has 8 heteroatoms. The number of aliphatic hydroxyl groups excluding tert-OH is 1. The van der Waals surface area contributed by atoms with Gasteiger partial charge in [0, 0.05) is 17.8 Å². The zero-order valence-electron chi connectivity index (χ0n) is 11.0. The molecule has 114 valence electrons. The number of alkyl halides is 3. The first-order valence-electron chi connectivity index (χ1n) is 6.64. The van der Waals surface area contributed by atoms with Crippen LogP contribution >= 0.6 is 0 Å². The lowest BCUT2D eigenvalue weighted by Gasteiger charge is -2.22.